The summed E-state index contributed by atoms with van der Waals surface area (Å²) in [6.45, 7) is -11.9. The minimum Gasteiger partial charge on any atom is -0.491 e. The van der Waals surface area contributed by atoms with Crippen LogP contribution < -0.4 is 4.74 Å². The van der Waals surface area contributed by atoms with Crippen molar-refractivity contribution in [2.45, 2.75) is 69.3 Å². The standard InChI is InChI=1S/C30H38F2N2O8S/c1-18(2)15-33(43(38,39)22-9-10-24(31)25(32)14-22)16-28(35)26(13-20-5-7-21(8-6-20)42-19(3)4)34(30(36)37)27-17-41-29-23(27)11-12-40-29/h5-12,14,18-19,23,26-29,35H,13,15-17H2,1-4H3,(H,36,37)/t23-,26-,27?,28+,29-/m0/s1/i3D3,4D3,5D,6D,7D,8D,13D2,14D,16D2,19D,26D,28D,35D. The summed E-state index contributed by atoms with van der Waals surface area (Å²) < 4.78 is 234. The molecule has 2 aromatic carbocycles. The SMILES string of the molecule is [2H]O[C@]([2H])(C([2H])([2H])N(CC(C)C)S(=O)(=O)c1ccc(F)c(F)c1[2H])[C@@]([2H])(N(C(=O)O)C1CO[C@@H]2OC=C[C@@H]12)C([2H])([2H])c1c([2H])c([2H])c(OC([2H])(C([2H])([2H])[2H])C([2H])([2H])[2H])c([2H])c1[2H]. The van der Waals surface area contributed by atoms with E-state index in [1.54, 1.807) is 0 Å². The Morgan fingerprint density at radius 1 is 1.28 bits per heavy atom. The molecule has 2 aromatic rings. The van der Waals surface area contributed by atoms with Gasteiger partial charge in [-0.05, 0) is 67.9 Å². The van der Waals surface area contributed by atoms with Crippen molar-refractivity contribution in [3.8, 4) is 5.75 Å². The van der Waals surface area contributed by atoms with Crippen LogP contribution in [0, 0.1) is 23.5 Å². The first-order valence-electron chi connectivity index (χ1n) is 21.8. The summed E-state index contributed by atoms with van der Waals surface area (Å²) in [7, 11) is -5.85. The van der Waals surface area contributed by atoms with Crippen LogP contribution in [-0.2, 0) is 25.9 Å². The van der Waals surface area contributed by atoms with Gasteiger partial charge < -0.3 is 24.4 Å². The van der Waals surface area contributed by atoms with E-state index in [0.717, 1.165) is 12.3 Å². The summed E-state index contributed by atoms with van der Waals surface area (Å²) in [5.41, 5.74) is -1.79. The maximum Gasteiger partial charge on any atom is 0.408 e. The molecule has 13 heteroatoms. The second-order valence-corrected chi connectivity index (χ2v) is 11.3. The van der Waals surface area contributed by atoms with Gasteiger partial charge in [-0.1, -0.05) is 25.9 Å². The Labute approximate surface area is 277 Å². The lowest BCUT2D eigenvalue weighted by atomic mass is 9.94. The highest BCUT2D eigenvalue weighted by Gasteiger charge is 2.48. The average Bonchev–Trinajstić information content (AvgIpc) is 3.77. The fourth-order valence-electron chi connectivity index (χ4n) is 4.07. The number of aliphatic hydroxyl groups is 1. The Bertz CT molecular complexity index is 2190. The Morgan fingerprint density at radius 2 is 2.02 bits per heavy atom. The molecule has 1 fully saturated rings. The van der Waals surface area contributed by atoms with Gasteiger partial charge in [0.2, 0.25) is 17.7 Å². The molecule has 236 valence electrons. The second kappa shape index (κ2) is 13.6. The van der Waals surface area contributed by atoms with Gasteiger partial charge in [-0.25, -0.2) is 22.0 Å². The van der Waals surface area contributed by atoms with Crippen molar-refractivity contribution in [2.24, 2.45) is 11.8 Å². The van der Waals surface area contributed by atoms with Crippen molar-refractivity contribution in [1.29, 1.82) is 1.43 Å². The smallest absolute Gasteiger partial charge is 0.408 e. The van der Waals surface area contributed by atoms with E-state index in [4.69, 9.17) is 32.1 Å². The zero-order valence-corrected chi connectivity index (χ0v) is 23.2. The lowest BCUT2D eigenvalue weighted by molar-refractivity contribution is -0.0690. The van der Waals surface area contributed by atoms with Crippen LogP contribution in [0.25, 0.3) is 0 Å². The Kier molecular flexibility index (Phi) is 4.94. The van der Waals surface area contributed by atoms with E-state index in [-0.39, 0.29) is 11.0 Å². The van der Waals surface area contributed by atoms with Crippen LogP contribution in [0.5, 0.6) is 5.75 Å². The van der Waals surface area contributed by atoms with Crippen LogP contribution in [0.15, 0.2) is 59.6 Å². The van der Waals surface area contributed by atoms with Crippen molar-refractivity contribution >= 4 is 16.1 Å². The number of carbonyl (C=O) groups is 1. The van der Waals surface area contributed by atoms with E-state index in [1.165, 1.54) is 13.8 Å². The van der Waals surface area contributed by atoms with Crippen LogP contribution in [0.2, 0.25) is 0 Å². The molecule has 1 saturated heterocycles. The second-order valence-electron chi connectivity index (χ2n) is 9.43. The number of benzene rings is 2. The zero-order valence-electron chi connectivity index (χ0n) is 41.4. The lowest BCUT2D eigenvalue weighted by Crippen LogP contribution is -2.57. The third kappa shape index (κ3) is 7.64. The number of fused-ring (bicyclic) bond motifs is 1. The fourth-order valence-corrected chi connectivity index (χ4v) is 5.47. The van der Waals surface area contributed by atoms with Crippen LogP contribution in [-0.4, -0.2) is 85.5 Å². The number of nitrogens with zero attached hydrogens (tertiary/aromatic N) is 2. The van der Waals surface area contributed by atoms with Gasteiger partial charge in [0, 0.05) is 26.7 Å². The molecule has 0 saturated carbocycles. The summed E-state index contributed by atoms with van der Waals surface area (Å²) >= 11 is 0. The molecule has 4 rings (SSSR count). The molecule has 1 amide bonds. The third-order valence-electron chi connectivity index (χ3n) is 5.90. The van der Waals surface area contributed by atoms with Crippen molar-refractivity contribution in [3.05, 3.63) is 71.9 Å². The zero-order chi connectivity index (χ0) is 47.9. The molecule has 1 unspecified atom stereocenters. The van der Waals surface area contributed by atoms with Crippen LogP contribution in [0.4, 0.5) is 13.6 Å². The summed E-state index contributed by atoms with van der Waals surface area (Å²) in [6, 6.07) is -14.6. The van der Waals surface area contributed by atoms with Crippen LogP contribution >= 0.6 is 0 Å². The van der Waals surface area contributed by atoms with Gasteiger partial charge in [-0.15, -0.1) is 0 Å². The molecule has 2 heterocycles. The molecule has 0 aromatic heterocycles. The number of ether oxygens (including phenoxy) is 3. The first-order chi connectivity index (χ1) is 28.0. The van der Waals surface area contributed by atoms with Gasteiger partial charge in [-0.3, -0.25) is 4.90 Å². The average molecular weight is 644 g/mol. The van der Waals surface area contributed by atoms with Gasteiger partial charge in [0.15, 0.2) is 11.6 Å². The highest BCUT2D eigenvalue weighted by molar-refractivity contribution is 7.89. The summed E-state index contributed by atoms with van der Waals surface area (Å²) in [6.07, 6.45) is -15.0. The van der Waals surface area contributed by atoms with Gasteiger partial charge in [0.1, 0.15) is 5.75 Å². The molecule has 43 heavy (non-hydrogen) atoms. The summed E-state index contributed by atoms with van der Waals surface area (Å²) in [4.78, 5) is 11.7. The first kappa shape index (κ1) is 15.6. The highest BCUT2D eigenvalue weighted by Crippen LogP contribution is 2.34. The predicted molar refractivity (Wildman–Crippen MR) is 153 cm³/mol. The Morgan fingerprint density at radius 3 is 2.67 bits per heavy atom. The molecule has 0 spiro atoms. The molecule has 0 aliphatic carbocycles. The number of carboxylic acid groups (broad SMARTS) is 1. The molecule has 10 nitrogen and oxygen atoms in total. The Balaban J connectivity index is 2.18. The molecule has 2 N–H and O–H groups in total. The molecule has 0 bridgehead atoms. The molecular weight excluding hydrogens is 586 g/mol. The topological polar surface area (TPSA) is 126 Å². The number of amides is 1. The number of rotatable bonds is 14. The summed E-state index contributed by atoms with van der Waals surface area (Å²) in [5, 5.41) is 15.3. The minimum atomic E-state index is -5.85. The van der Waals surface area contributed by atoms with Crippen molar-refractivity contribution in [3.63, 3.8) is 0 Å². The molecule has 2 aliphatic rings. The number of sulfonamides is 1. The van der Waals surface area contributed by atoms with Gasteiger partial charge >= 0.3 is 6.09 Å². The van der Waals surface area contributed by atoms with Gasteiger partial charge in [-0.2, -0.15) is 4.31 Å². The number of halogens is 2. The van der Waals surface area contributed by atoms with E-state index in [9.17, 15) is 35.3 Å². The van der Waals surface area contributed by atoms with E-state index < -0.39 is 161 Å². The Hall–Kier alpha value is -3.26. The molecule has 5 atom stereocenters. The maximum atomic E-state index is 14.7. The maximum absolute atomic E-state index is 14.7. The fraction of sp³-hybridized carbons (Fsp3) is 0.500. The monoisotopic (exact) mass is 643 g/mol. The van der Waals surface area contributed by atoms with Crippen molar-refractivity contribution < 1.29 is 71.1 Å². The minimum absolute atomic E-state index is 0.238. The van der Waals surface area contributed by atoms with E-state index in [2.05, 4.69) is 5.11 Å². The van der Waals surface area contributed by atoms with Crippen LogP contribution in [0.1, 0.15) is 57.8 Å². The number of hydrogen-bond donors (Lipinski definition) is 2. The van der Waals surface area contributed by atoms with Crippen molar-refractivity contribution in [2.75, 3.05) is 19.6 Å². The van der Waals surface area contributed by atoms with E-state index >= 15 is 0 Å². The molecule has 2 aliphatic heterocycles. The molecular formula is C30H38F2N2O8S. The van der Waals surface area contributed by atoms with Crippen LogP contribution in [0.3, 0.4) is 0 Å². The summed E-state index contributed by atoms with van der Waals surface area (Å²) in [5.74, 6) is -7.79. The predicted octanol–water partition coefficient (Wildman–Crippen LogP) is 4.24. The quantitative estimate of drug-likeness (QED) is 0.313. The lowest BCUT2D eigenvalue weighted by Gasteiger charge is -2.39. The third-order valence-corrected chi connectivity index (χ3v) is 7.51. The molecule has 0 radical (unpaired) electrons. The van der Waals surface area contributed by atoms with Gasteiger partial charge in [0.05, 0.1) is 58.9 Å². The van der Waals surface area contributed by atoms with E-state index in [1.807, 2.05) is 0 Å². The van der Waals surface area contributed by atoms with Gasteiger partial charge in [0.25, 0.3) is 0 Å². The first-order valence-corrected chi connectivity index (χ1v) is 13.8. The largest absolute Gasteiger partial charge is 0.491 e. The van der Waals surface area contributed by atoms with E-state index in [0.29, 0.717) is 6.07 Å². The normalized spacial score (nSPS) is 30.6. The van der Waals surface area contributed by atoms with Crippen molar-refractivity contribution in [1.82, 2.24) is 9.21 Å². The highest BCUT2D eigenvalue weighted by atomic mass is 32.2. The number of hydrogen-bond acceptors (Lipinski definition) is 7.